The van der Waals surface area contributed by atoms with E-state index in [1.54, 1.807) is 0 Å². The van der Waals surface area contributed by atoms with Crippen molar-refractivity contribution in [2.24, 2.45) is 4.99 Å². The highest BCUT2D eigenvalue weighted by atomic mass is 14.7. The van der Waals surface area contributed by atoms with Crippen LogP contribution in [0.3, 0.4) is 0 Å². The summed E-state index contributed by atoms with van der Waals surface area (Å²) in [7, 11) is 0. The van der Waals surface area contributed by atoms with Gasteiger partial charge in [0.25, 0.3) is 0 Å². The standard InChI is InChI=1S/C10H17N/c1-2-4-6-8-10-11-9-7-5-3-1/h1,3,9H,2,4-8,10H2. The Morgan fingerprint density at radius 1 is 0.818 bits per heavy atom. The van der Waals surface area contributed by atoms with E-state index in [2.05, 4.69) is 23.4 Å². The lowest BCUT2D eigenvalue weighted by Crippen LogP contribution is -1.82. The fourth-order valence-electron chi connectivity index (χ4n) is 1.23. The van der Waals surface area contributed by atoms with E-state index in [4.69, 9.17) is 0 Å². The molecule has 0 aromatic carbocycles. The lowest BCUT2D eigenvalue weighted by atomic mass is 10.2. The minimum absolute atomic E-state index is 1.04. The first-order valence-corrected chi connectivity index (χ1v) is 4.63. The van der Waals surface area contributed by atoms with Gasteiger partial charge in [-0.3, -0.25) is 4.99 Å². The van der Waals surface area contributed by atoms with Crippen molar-refractivity contribution >= 4 is 6.21 Å². The molecule has 0 radical (unpaired) electrons. The third kappa shape index (κ3) is 4.77. The van der Waals surface area contributed by atoms with Gasteiger partial charge in [-0.05, 0) is 38.3 Å². The van der Waals surface area contributed by atoms with E-state index >= 15 is 0 Å². The van der Waals surface area contributed by atoms with Crippen molar-refractivity contribution in [1.29, 1.82) is 0 Å². The summed E-state index contributed by atoms with van der Waals surface area (Å²) >= 11 is 0. The molecule has 62 valence electrons. The summed E-state index contributed by atoms with van der Waals surface area (Å²) < 4.78 is 0. The van der Waals surface area contributed by atoms with E-state index in [1.165, 1.54) is 32.1 Å². The van der Waals surface area contributed by atoms with E-state index in [-0.39, 0.29) is 0 Å². The maximum atomic E-state index is 4.32. The first kappa shape index (κ1) is 8.51. The van der Waals surface area contributed by atoms with Crippen LogP contribution in [-0.4, -0.2) is 12.8 Å². The molecule has 0 aromatic rings. The number of hydrogen-bond acceptors (Lipinski definition) is 1. The molecule has 0 amide bonds. The van der Waals surface area contributed by atoms with E-state index in [0.717, 1.165) is 13.0 Å². The normalized spacial score (nSPS) is 21.1. The van der Waals surface area contributed by atoms with E-state index in [9.17, 15) is 0 Å². The third-order valence-electron chi connectivity index (χ3n) is 1.92. The first-order chi connectivity index (χ1) is 5.50. The molecule has 0 spiro atoms. The Morgan fingerprint density at radius 2 is 1.73 bits per heavy atom. The maximum Gasteiger partial charge on any atom is 0.0385 e. The van der Waals surface area contributed by atoms with Gasteiger partial charge in [-0.2, -0.15) is 0 Å². The zero-order chi connectivity index (χ0) is 7.78. The second-order valence-corrected chi connectivity index (χ2v) is 2.99. The van der Waals surface area contributed by atoms with Crippen molar-refractivity contribution in [2.75, 3.05) is 6.54 Å². The van der Waals surface area contributed by atoms with Crippen LogP contribution in [0.15, 0.2) is 17.1 Å². The molecule has 0 bridgehead atoms. The molecule has 0 fully saturated rings. The van der Waals surface area contributed by atoms with Gasteiger partial charge in [0.2, 0.25) is 0 Å². The molecule has 0 saturated heterocycles. The Balaban J connectivity index is 2.22. The maximum absolute atomic E-state index is 4.32. The highest BCUT2D eigenvalue weighted by Gasteiger charge is 1.87. The molecule has 0 N–H and O–H groups in total. The molecular weight excluding hydrogens is 134 g/mol. The lowest BCUT2D eigenvalue weighted by Gasteiger charge is -1.93. The van der Waals surface area contributed by atoms with Crippen LogP contribution >= 0.6 is 0 Å². The quantitative estimate of drug-likeness (QED) is 0.472. The molecule has 0 aliphatic carbocycles. The Morgan fingerprint density at radius 3 is 2.73 bits per heavy atom. The Kier molecular flexibility index (Phi) is 4.75. The SMILES string of the molecule is C1=CCCCCCN=CCC1. The number of aliphatic imine (C=N–C) groups is 1. The molecule has 1 heteroatoms. The Hall–Kier alpha value is -0.590. The molecule has 0 saturated carbocycles. The Bertz CT molecular complexity index is 120. The second kappa shape index (κ2) is 6.14. The first-order valence-electron chi connectivity index (χ1n) is 4.63. The van der Waals surface area contributed by atoms with E-state index in [1.807, 2.05) is 0 Å². The van der Waals surface area contributed by atoms with E-state index in [0.29, 0.717) is 0 Å². The largest absolute Gasteiger partial charge is 0.298 e. The average Bonchev–Trinajstić information content (AvgIpc) is 2.08. The van der Waals surface area contributed by atoms with Gasteiger partial charge in [0.15, 0.2) is 0 Å². The van der Waals surface area contributed by atoms with Gasteiger partial charge in [0, 0.05) is 6.54 Å². The van der Waals surface area contributed by atoms with Crippen LogP contribution in [0.5, 0.6) is 0 Å². The molecule has 0 unspecified atom stereocenters. The molecule has 1 rings (SSSR count). The van der Waals surface area contributed by atoms with Gasteiger partial charge < -0.3 is 0 Å². The smallest absolute Gasteiger partial charge is 0.0385 e. The van der Waals surface area contributed by atoms with E-state index < -0.39 is 0 Å². The van der Waals surface area contributed by atoms with Crippen molar-refractivity contribution in [3.05, 3.63) is 12.2 Å². The summed E-state index contributed by atoms with van der Waals surface area (Å²) in [6.45, 7) is 1.04. The predicted molar refractivity (Wildman–Crippen MR) is 50.2 cm³/mol. The number of rotatable bonds is 0. The molecule has 1 aliphatic rings. The van der Waals surface area contributed by atoms with Crippen molar-refractivity contribution < 1.29 is 0 Å². The van der Waals surface area contributed by atoms with Gasteiger partial charge in [-0.1, -0.05) is 18.6 Å². The fraction of sp³-hybridized carbons (Fsp3) is 0.700. The minimum Gasteiger partial charge on any atom is -0.298 e. The second-order valence-electron chi connectivity index (χ2n) is 2.99. The average molecular weight is 151 g/mol. The van der Waals surface area contributed by atoms with Gasteiger partial charge in [-0.25, -0.2) is 0 Å². The summed E-state index contributed by atoms with van der Waals surface area (Å²) in [5.74, 6) is 0. The molecule has 1 nitrogen and oxygen atoms in total. The van der Waals surface area contributed by atoms with Crippen LogP contribution in [0.4, 0.5) is 0 Å². The van der Waals surface area contributed by atoms with Crippen LogP contribution in [-0.2, 0) is 0 Å². The van der Waals surface area contributed by atoms with Crippen molar-refractivity contribution in [3.8, 4) is 0 Å². The van der Waals surface area contributed by atoms with Gasteiger partial charge in [0.1, 0.15) is 0 Å². The summed E-state index contributed by atoms with van der Waals surface area (Å²) in [5.41, 5.74) is 0. The van der Waals surface area contributed by atoms with Crippen molar-refractivity contribution in [2.45, 2.75) is 38.5 Å². The predicted octanol–water partition coefficient (Wildman–Crippen LogP) is 2.97. The van der Waals surface area contributed by atoms with Gasteiger partial charge >= 0.3 is 0 Å². The van der Waals surface area contributed by atoms with Gasteiger partial charge in [-0.15, -0.1) is 0 Å². The number of allylic oxidation sites excluding steroid dienone is 2. The highest BCUT2D eigenvalue weighted by Crippen LogP contribution is 2.03. The molecule has 1 aliphatic heterocycles. The molecule has 11 heavy (non-hydrogen) atoms. The van der Waals surface area contributed by atoms with Crippen LogP contribution in [0, 0.1) is 0 Å². The summed E-state index contributed by atoms with van der Waals surface area (Å²) in [6.07, 6.45) is 14.1. The zero-order valence-corrected chi connectivity index (χ0v) is 7.13. The molecule has 0 atom stereocenters. The van der Waals surface area contributed by atoms with Crippen LogP contribution in [0.25, 0.3) is 0 Å². The topological polar surface area (TPSA) is 12.4 Å². The molecule has 1 heterocycles. The highest BCUT2D eigenvalue weighted by molar-refractivity contribution is 5.57. The third-order valence-corrected chi connectivity index (χ3v) is 1.92. The van der Waals surface area contributed by atoms with Crippen LogP contribution in [0.2, 0.25) is 0 Å². The molecule has 0 aromatic heterocycles. The fourth-order valence-corrected chi connectivity index (χ4v) is 1.23. The summed E-state index contributed by atoms with van der Waals surface area (Å²) in [6, 6.07) is 0. The summed E-state index contributed by atoms with van der Waals surface area (Å²) in [5, 5.41) is 0. The number of hydrogen-bond donors (Lipinski definition) is 0. The summed E-state index contributed by atoms with van der Waals surface area (Å²) in [4.78, 5) is 4.32. The lowest BCUT2D eigenvalue weighted by molar-refractivity contribution is 0.697. The van der Waals surface area contributed by atoms with Crippen molar-refractivity contribution in [1.82, 2.24) is 0 Å². The zero-order valence-electron chi connectivity index (χ0n) is 7.13. The number of nitrogens with zero attached hydrogens (tertiary/aromatic N) is 1. The minimum atomic E-state index is 1.04. The van der Waals surface area contributed by atoms with Crippen LogP contribution in [0.1, 0.15) is 38.5 Å². The van der Waals surface area contributed by atoms with Crippen molar-refractivity contribution in [3.63, 3.8) is 0 Å². The monoisotopic (exact) mass is 151 g/mol. The Labute approximate surface area is 69.2 Å². The van der Waals surface area contributed by atoms with Crippen LogP contribution < -0.4 is 0 Å². The molecular formula is C10H17N. The van der Waals surface area contributed by atoms with Gasteiger partial charge in [0.05, 0.1) is 0 Å².